The Balaban J connectivity index is 2.10. The first-order chi connectivity index (χ1) is 9.62. The third-order valence-corrected chi connectivity index (χ3v) is 5.20. The number of sulfonamides is 1. The molecule has 1 atom stereocenters. The fourth-order valence-corrected chi connectivity index (χ4v) is 3.78. The van der Waals surface area contributed by atoms with E-state index in [0.29, 0.717) is 16.6 Å². The van der Waals surface area contributed by atoms with E-state index in [9.17, 15) is 8.42 Å². The molecule has 2 rings (SSSR count). The van der Waals surface area contributed by atoms with E-state index in [-0.39, 0.29) is 6.04 Å². The van der Waals surface area contributed by atoms with Gasteiger partial charge in [0.25, 0.3) is 0 Å². The van der Waals surface area contributed by atoms with Crippen molar-refractivity contribution < 1.29 is 8.42 Å². The van der Waals surface area contributed by atoms with E-state index in [0.717, 1.165) is 5.56 Å². The summed E-state index contributed by atoms with van der Waals surface area (Å²) in [6.07, 6.45) is 0.651. The van der Waals surface area contributed by atoms with Gasteiger partial charge in [0, 0.05) is 11.4 Å². The summed E-state index contributed by atoms with van der Waals surface area (Å²) < 4.78 is 27.3. The molecule has 3 nitrogen and oxygen atoms in total. The van der Waals surface area contributed by atoms with Gasteiger partial charge in [-0.15, -0.1) is 0 Å². The fourth-order valence-electron chi connectivity index (χ4n) is 1.91. The van der Waals surface area contributed by atoms with Gasteiger partial charge in [-0.1, -0.05) is 64.5 Å². The molecule has 1 unspecified atom stereocenters. The molecule has 2 aromatic rings. The Morgan fingerprint density at radius 1 is 0.950 bits per heavy atom. The van der Waals surface area contributed by atoms with E-state index in [2.05, 4.69) is 20.7 Å². The molecule has 0 aliphatic carbocycles. The van der Waals surface area contributed by atoms with E-state index in [1.807, 2.05) is 30.3 Å². The van der Waals surface area contributed by atoms with Crippen LogP contribution >= 0.6 is 15.9 Å². The summed E-state index contributed by atoms with van der Waals surface area (Å²) >= 11 is 3.37. The summed E-state index contributed by atoms with van der Waals surface area (Å²) in [6, 6.07) is 18.1. The number of rotatable bonds is 6. The molecule has 0 fully saturated rings. The number of hydrogen-bond donors (Lipinski definition) is 1. The first-order valence-corrected chi connectivity index (χ1v) is 8.89. The minimum Gasteiger partial charge on any atom is -0.207 e. The molecule has 0 aromatic heterocycles. The van der Waals surface area contributed by atoms with Crippen molar-refractivity contribution in [2.24, 2.45) is 0 Å². The molecule has 0 saturated carbocycles. The molecule has 1 N–H and O–H groups in total. The van der Waals surface area contributed by atoms with Crippen LogP contribution in [0, 0.1) is 0 Å². The van der Waals surface area contributed by atoms with Crippen LogP contribution in [0.25, 0.3) is 0 Å². The highest BCUT2D eigenvalue weighted by Crippen LogP contribution is 2.11. The van der Waals surface area contributed by atoms with Gasteiger partial charge in [0.15, 0.2) is 0 Å². The second-order valence-corrected chi connectivity index (χ2v) is 6.84. The lowest BCUT2D eigenvalue weighted by molar-refractivity contribution is 0.562. The van der Waals surface area contributed by atoms with Gasteiger partial charge < -0.3 is 0 Å². The third kappa shape index (κ3) is 4.16. The molecular weight excluding hydrogens is 338 g/mol. The minimum atomic E-state index is -3.47. The van der Waals surface area contributed by atoms with E-state index in [4.69, 9.17) is 0 Å². The fraction of sp³-hybridized carbons (Fsp3) is 0.200. The normalized spacial score (nSPS) is 13.1. The maximum Gasteiger partial charge on any atom is 0.240 e. The summed E-state index contributed by atoms with van der Waals surface area (Å²) in [5, 5.41) is 0.563. The van der Waals surface area contributed by atoms with Gasteiger partial charge in [-0.05, 0) is 24.1 Å². The van der Waals surface area contributed by atoms with Crippen LogP contribution in [0.1, 0.15) is 5.56 Å². The number of benzene rings is 2. The molecule has 0 bridgehead atoms. The molecular formula is C15H16BrNO2S. The molecule has 5 heteroatoms. The topological polar surface area (TPSA) is 46.2 Å². The summed E-state index contributed by atoms with van der Waals surface area (Å²) in [6.45, 7) is 0. The molecule has 0 heterocycles. The highest BCUT2D eigenvalue weighted by molar-refractivity contribution is 9.09. The third-order valence-electron chi connectivity index (χ3n) is 2.89. The average Bonchev–Trinajstić information content (AvgIpc) is 2.48. The SMILES string of the molecule is O=S(=O)(NC(CBr)Cc1ccccc1)c1ccccc1. The van der Waals surface area contributed by atoms with Gasteiger partial charge in [-0.2, -0.15) is 0 Å². The van der Waals surface area contributed by atoms with Crippen molar-refractivity contribution in [2.75, 3.05) is 5.33 Å². The molecule has 106 valence electrons. The Morgan fingerprint density at radius 2 is 1.50 bits per heavy atom. The summed E-state index contributed by atoms with van der Waals surface area (Å²) in [5.74, 6) is 0. The lowest BCUT2D eigenvalue weighted by Crippen LogP contribution is -2.37. The van der Waals surface area contributed by atoms with Crippen LogP contribution < -0.4 is 4.72 Å². The van der Waals surface area contributed by atoms with Gasteiger partial charge in [-0.3, -0.25) is 0 Å². The van der Waals surface area contributed by atoms with Gasteiger partial charge in [0.1, 0.15) is 0 Å². The second kappa shape index (κ2) is 7.02. The Hall–Kier alpha value is -1.17. The summed E-state index contributed by atoms with van der Waals surface area (Å²) in [7, 11) is -3.47. The maximum atomic E-state index is 12.3. The highest BCUT2D eigenvalue weighted by Gasteiger charge is 2.19. The van der Waals surface area contributed by atoms with E-state index >= 15 is 0 Å². The first-order valence-electron chi connectivity index (χ1n) is 6.29. The van der Waals surface area contributed by atoms with Crippen LogP contribution in [0.15, 0.2) is 65.6 Å². The second-order valence-electron chi connectivity index (χ2n) is 4.48. The molecule has 0 aliphatic heterocycles. The van der Waals surface area contributed by atoms with Gasteiger partial charge in [-0.25, -0.2) is 13.1 Å². The van der Waals surface area contributed by atoms with Gasteiger partial charge in [0.05, 0.1) is 4.90 Å². The number of hydrogen-bond acceptors (Lipinski definition) is 2. The van der Waals surface area contributed by atoms with E-state index < -0.39 is 10.0 Å². The summed E-state index contributed by atoms with van der Waals surface area (Å²) in [4.78, 5) is 0.291. The Labute approximate surface area is 128 Å². The zero-order valence-corrected chi connectivity index (χ0v) is 13.3. The van der Waals surface area contributed by atoms with Crippen LogP contribution in [0.5, 0.6) is 0 Å². The molecule has 2 aromatic carbocycles. The Bertz CT molecular complexity index is 629. The van der Waals surface area contributed by atoms with Crippen LogP contribution in [-0.2, 0) is 16.4 Å². The largest absolute Gasteiger partial charge is 0.240 e. The molecule has 0 aliphatic rings. The highest BCUT2D eigenvalue weighted by atomic mass is 79.9. The van der Waals surface area contributed by atoms with Crippen molar-refractivity contribution in [3.63, 3.8) is 0 Å². The van der Waals surface area contributed by atoms with Crippen molar-refractivity contribution >= 4 is 26.0 Å². The lowest BCUT2D eigenvalue weighted by Gasteiger charge is -2.16. The van der Waals surface area contributed by atoms with Gasteiger partial charge >= 0.3 is 0 Å². The smallest absolute Gasteiger partial charge is 0.207 e. The van der Waals surface area contributed by atoms with Crippen LogP contribution in [-0.4, -0.2) is 19.8 Å². The number of halogens is 1. The maximum absolute atomic E-state index is 12.3. The van der Waals surface area contributed by atoms with E-state index in [1.54, 1.807) is 30.3 Å². The minimum absolute atomic E-state index is 0.178. The predicted octanol–water partition coefficient (Wildman–Crippen LogP) is 2.97. The average molecular weight is 354 g/mol. The molecule has 0 radical (unpaired) electrons. The van der Waals surface area contributed by atoms with Crippen LogP contribution in [0.2, 0.25) is 0 Å². The Kier molecular flexibility index (Phi) is 5.34. The zero-order chi connectivity index (χ0) is 14.4. The first kappa shape index (κ1) is 15.2. The van der Waals surface area contributed by atoms with Crippen LogP contribution in [0.4, 0.5) is 0 Å². The molecule has 0 spiro atoms. The van der Waals surface area contributed by atoms with Crippen molar-refractivity contribution in [1.82, 2.24) is 4.72 Å². The standard InChI is InChI=1S/C15H16BrNO2S/c16-12-14(11-13-7-3-1-4-8-13)17-20(18,19)15-9-5-2-6-10-15/h1-10,14,17H,11-12H2. The monoisotopic (exact) mass is 353 g/mol. The Morgan fingerprint density at radius 3 is 2.05 bits per heavy atom. The van der Waals surface area contributed by atoms with Gasteiger partial charge in [0.2, 0.25) is 10.0 Å². The quantitative estimate of drug-likeness (QED) is 0.811. The van der Waals surface area contributed by atoms with Crippen molar-refractivity contribution in [2.45, 2.75) is 17.4 Å². The summed E-state index contributed by atoms with van der Waals surface area (Å²) in [5.41, 5.74) is 1.10. The van der Waals surface area contributed by atoms with Crippen molar-refractivity contribution in [3.05, 3.63) is 66.2 Å². The van der Waals surface area contributed by atoms with E-state index in [1.165, 1.54) is 0 Å². The molecule has 20 heavy (non-hydrogen) atoms. The predicted molar refractivity (Wildman–Crippen MR) is 84.5 cm³/mol. The van der Waals surface area contributed by atoms with Crippen molar-refractivity contribution in [3.8, 4) is 0 Å². The molecule has 0 saturated heterocycles. The molecule has 0 amide bonds. The van der Waals surface area contributed by atoms with Crippen molar-refractivity contribution in [1.29, 1.82) is 0 Å². The van der Waals surface area contributed by atoms with Crippen LogP contribution in [0.3, 0.4) is 0 Å². The zero-order valence-electron chi connectivity index (χ0n) is 10.9. The number of nitrogens with one attached hydrogen (secondary N) is 1. The number of alkyl halides is 1. The lowest BCUT2D eigenvalue weighted by atomic mass is 10.1.